The molecule has 3 rings (SSSR count). The highest BCUT2D eigenvalue weighted by Gasteiger charge is 2.27. The third-order valence-corrected chi connectivity index (χ3v) is 3.86. The Hall–Kier alpha value is -0.900. The van der Waals surface area contributed by atoms with Crippen molar-refractivity contribution in [1.82, 2.24) is 4.90 Å². The lowest BCUT2D eigenvalue weighted by Gasteiger charge is -2.22. The molecule has 2 aliphatic heterocycles. The average molecular weight is 233 g/mol. The van der Waals surface area contributed by atoms with E-state index in [0.717, 1.165) is 39.3 Å². The molecule has 2 heterocycles. The van der Waals surface area contributed by atoms with Crippen molar-refractivity contribution in [3.8, 4) is 0 Å². The lowest BCUT2D eigenvalue weighted by atomic mass is 10.0. The summed E-state index contributed by atoms with van der Waals surface area (Å²) in [6, 6.07) is 8.54. The van der Waals surface area contributed by atoms with Crippen LogP contribution in [0, 0.1) is 5.92 Å². The van der Waals surface area contributed by atoms with Crippen molar-refractivity contribution in [2.45, 2.75) is 25.6 Å². The Morgan fingerprint density at radius 1 is 1.29 bits per heavy atom. The number of fused-ring (bicyclic) bond motifs is 1. The Kier molecular flexibility index (Phi) is 3.14. The van der Waals surface area contributed by atoms with Gasteiger partial charge in [0.25, 0.3) is 0 Å². The minimum Gasteiger partial charge on any atom is -0.391 e. The Bertz CT molecular complexity index is 363. The number of aliphatic hydroxyl groups is 1. The second-order valence-corrected chi connectivity index (χ2v) is 5.13. The minimum atomic E-state index is -0.244. The zero-order valence-electron chi connectivity index (χ0n) is 10.0. The Labute approximate surface area is 102 Å². The summed E-state index contributed by atoms with van der Waals surface area (Å²) >= 11 is 0. The molecule has 0 aromatic heterocycles. The smallest absolute Gasteiger partial charge is 0.0718 e. The molecule has 0 saturated carbocycles. The zero-order chi connectivity index (χ0) is 11.7. The van der Waals surface area contributed by atoms with Crippen LogP contribution in [0.25, 0.3) is 0 Å². The van der Waals surface area contributed by atoms with E-state index in [2.05, 4.69) is 29.2 Å². The van der Waals surface area contributed by atoms with Crippen LogP contribution >= 0.6 is 0 Å². The molecule has 1 aromatic carbocycles. The van der Waals surface area contributed by atoms with Gasteiger partial charge in [-0.2, -0.15) is 0 Å². The summed E-state index contributed by atoms with van der Waals surface area (Å²) in [7, 11) is 0. The molecule has 3 nitrogen and oxygen atoms in total. The number of benzene rings is 1. The predicted molar refractivity (Wildman–Crippen MR) is 65.5 cm³/mol. The van der Waals surface area contributed by atoms with Gasteiger partial charge >= 0.3 is 0 Å². The third-order valence-electron chi connectivity index (χ3n) is 3.86. The van der Waals surface area contributed by atoms with Crippen LogP contribution in [0.4, 0.5) is 0 Å². The van der Waals surface area contributed by atoms with E-state index in [9.17, 15) is 5.11 Å². The van der Waals surface area contributed by atoms with Crippen LogP contribution < -0.4 is 0 Å². The van der Waals surface area contributed by atoms with Gasteiger partial charge in [0.1, 0.15) is 0 Å². The first kappa shape index (κ1) is 11.2. The van der Waals surface area contributed by atoms with Crippen LogP contribution in [0.2, 0.25) is 0 Å². The van der Waals surface area contributed by atoms with Crippen molar-refractivity contribution in [3.63, 3.8) is 0 Å². The van der Waals surface area contributed by atoms with Gasteiger partial charge in [-0.3, -0.25) is 4.90 Å². The highest BCUT2D eigenvalue weighted by Crippen LogP contribution is 2.24. The summed E-state index contributed by atoms with van der Waals surface area (Å²) in [6.45, 7) is 4.24. The van der Waals surface area contributed by atoms with Crippen LogP contribution in [0.1, 0.15) is 17.5 Å². The Morgan fingerprint density at radius 2 is 2.00 bits per heavy atom. The van der Waals surface area contributed by atoms with Crippen LogP contribution in [0.15, 0.2) is 24.3 Å². The molecular formula is C14H19NO2. The molecule has 0 spiro atoms. The molecule has 2 atom stereocenters. The van der Waals surface area contributed by atoms with E-state index in [1.54, 1.807) is 0 Å². The second-order valence-electron chi connectivity index (χ2n) is 5.13. The molecule has 1 N–H and O–H groups in total. The number of aliphatic hydroxyl groups excluding tert-OH is 1. The maximum Gasteiger partial charge on any atom is 0.0718 e. The van der Waals surface area contributed by atoms with E-state index in [4.69, 9.17) is 4.74 Å². The highest BCUT2D eigenvalue weighted by atomic mass is 16.5. The number of hydrogen-bond donors (Lipinski definition) is 1. The molecule has 0 bridgehead atoms. The quantitative estimate of drug-likeness (QED) is 0.856. The van der Waals surface area contributed by atoms with Gasteiger partial charge in [0.05, 0.1) is 12.7 Å². The molecule has 1 aromatic rings. The van der Waals surface area contributed by atoms with E-state index < -0.39 is 0 Å². The lowest BCUT2D eigenvalue weighted by Crippen LogP contribution is -2.34. The van der Waals surface area contributed by atoms with E-state index in [0.29, 0.717) is 5.92 Å². The van der Waals surface area contributed by atoms with Crippen molar-refractivity contribution < 1.29 is 9.84 Å². The normalized spacial score (nSPS) is 26.1. The van der Waals surface area contributed by atoms with Gasteiger partial charge in [0.2, 0.25) is 0 Å². The van der Waals surface area contributed by atoms with Crippen molar-refractivity contribution in [2.75, 3.05) is 19.8 Å². The molecule has 0 aliphatic carbocycles. The first-order valence-electron chi connectivity index (χ1n) is 6.38. The summed E-state index contributed by atoms with van der Waals surface area (Å²) in [5, 5.41) is 10.2. The largest absolute Gasteiger partial charge is 0.391 e. The van der Waals surface area contributed by atoms with Crippen molar-refractivity contribution in [1.29, 1.82) is 0 Å². The van der Waals surface area contributed by atoms with Crippen LogP contribution in [0.3, 0.4) is 0 Å². The lowest BCUT2D eigenvalue weighted by molar-refractivity contribution is 0.0549. The molecular weight excluding hydrogens is 214 g/mol. The van der Waals surface area contributed by atoms with Crippen LogP contribution in [-0.2, 0) is 17.8 Å². The monoisotopic (exact) mass is 233 g/mol. The van der Waals surface area contributed by atoms with E-state index in [-0.39, 0.29) is 6.10 Å². The second kappa shape index (κ2) is 4.77. The first-order chi connectivity index (χ1) is 8.33. The van der Waals surface area contributed by atoms with Gasteiger partial charge in [0.15, 0.2) is 0 Å². The summed E-state index contributed by atoms with van der Waals surface area (Å²) in [5.41, 5.74) is 2.81. The summed E-state index contributed by atoms with van der Waals surface area (Å²) in [5.74, 6) is 0.332. The summed E-state index contributed by atoms with van der Waals surface area (Å²) in [4.78, 5) is 2.33. The average Bonchev–Trinajstić information content (AvgIpc) is 2.97. The van der Waals surface area contributed by atoms with Gasteiger partial charge in [-0.15, -0.1) is 0 Å². The third kappa shape index (κ3) is 2.37. The predicted octanol–water partition coefficient (Wildman–Crippen LogP) is 1.40. The topological polar surface area (TPSA) is 32.7 Å². The number of hydrogen-bond acceptors (Lipinski definition) is 3. The van der Waals surface area contributed by atoms with Crippen molar-refractivity contribution >= 4 is 0 Å². The molecule has 3 heteroatoms. The van der Waals surface area contributed by atoms with Gasteiger partial charge in [-0.25, -0.2) is 0 Å². The maximum atomic E-state index is 10.2. The Morgan fingerprint density at radius 3 is 2.59 bits per heavy atom. The molecule has 0 amide bonds. The fourth-order valence-electron chi connectivity index (χ4n) is 2.80. The molecule has 2 unspecified atom stereocenters. The number of β-amino-alcohol motifs (C(OH)–C–C–N with tert-alkyl or cyclic N) is 1. The van der Waals surface area contributed by atoms with E-state index in [1.165, 1.54) is 11.1 Å². The highest BCUT2D eigenvalue weighted by molar-refractivity contribution is 5.30. The van der Waals surface area contributed by atoms with Crippen molar-refractivity contribution in [3.05, 3.63) is 35.4 Å². The number of nitrogens with zero attached hydrogens (tertiary/aromatic N) is 1. The molecule has 2 aliphatic rings. The van der Waals surface area contributed by atoms with Gasteiger partial charge in [-0.05, 0) is 17.5 Å². The van der Waals surface area contributed by atoms with Crippen LogP contribution in [-0.4, -0.2) is 35.9 Å². The first-order valence-corrected chi connectivity index (χ1v) is 6.38. The Balaban J connectivity index is 1.58. The summed E-state index contributed by atoms with van der Waals surface area (Å²) < 4.78 is 5.33. The minimum absolute atomic E-state index is 0.244. The molecule has 0 radical (unpaired) electrons. The van der Waals surface area contributed by atoms with Crippen molar-refractivity contribution in [2.24, 2.45) is 5.92 Å². The summed E-state index contributed by atoms with van der Waals surface area (Å²) in [6.07, 6.45) is 0.758. The van der Waals surface area contributed by atoms with E-state index in [1.807, 2.05) is 0 Å². The fraction of sp³-hybridized carbons (Fsp3) is 0.571. The zero-order valence-corrected chi connectivity index (χ0v) is 10.0. The van der Waals surface area contributed by atoms with Gasteiger partial charge in [-0.1, -0.05) is 24.3 Å². The standard InChI is InChI=1S/C14H19NO2/c16-14(13-5-6-17-10-13)9-15-7-11-3-1-2-4-12(11)8-15/h1-4,13-14,16H,5-10H2. The number of rotatable bonds is 3. The SMILES string of the molecule is OC(CN1Cc2ccccc2C1)C1CCOC1. The van der Waals surface area contributed by atoms with Gasteiger partial charge in [0, 0.05) is 32.2 Å². The number of ether oxygens (including phenoxy) is 1. The molecule has 1 saturated heterocycles. The molecule has 1 fully saturated rings. The van der Waals surface area contributed by atoms with E-state index >= 15 is 0 Å². The molecule has 92 valence electrons. The van der Waals surface area contributed by atoms with Gasteiger partial charge < -0.3 is 9.84 Å². The fourth-order valence-corrected chi connectivity index (χ4v) is 2.80. The maximum absolute atomic E-state index is 10.2. The van der Waals surface area contributed by atoms with Crippen LogP contribution in [0.5, 0.6) is 0 Å². The molecule has 17 heavy (non-hydrogen) atoms.